The van der Waals surface area contributed by atoms with E-state index < -0.39 is 0 Å². The number of hydrogen-bond donors (Lipinski definition) is 0. The zero-order valence-corrected chi connectivity index (χ0v) is 7.61. The van der Waals surface area contributed by atoms with E-state index in [0.717, 1.165) is 0 Å². The van der Waals surface area contributed by atoms with Crippen LogP contribution in [0.1, 0.15) is 10.4 Å². The fourth-order valence-electron chi connectivity index (χ4n) is 0.953. The highest BCUT2D eigenvalue weighted by atomic mass is 16.1. The molecule has 0 amide bonds. The Kier molecular flexibility index (Phi) is 3.73. The van der Waals surface area contributed by atoms with E-state index in [1.165, 1.54) is 24.3 Å². The second-order valence-corrected chi connectivity index (χ2v) is 2.55. The maximum absolute atomic E-state index is 11.3. The highest BCUT2D eigenvalue weighted by molar-refractivity contribution is 5.97. The third-order valence-corrected chi connectivity index (χ3v) is 1.63. The van der Waals surface area contributed by atoms with Crippen LogP contribution >= 0.6 is 0 Å². The Hall–Kier alpha value is -2.49. The molecule has 0 aliphatic rings. The number of hydrogen-bond acceptors (Lipinski definition) is 3. The van der Waals surface area contributed by atoms with Crippen molar-refractivity contribution in [2.45, 2.75) is 0 Å². The van der Waals surface area contributed by atoms with E-state index in [2.05, 4.69) is 20.1 Å². The van der Waals surface area contributed by atoms with Gasteiger partial charge in [-0.1, -0.05) is 34.5 Å². The zero-order valence-electron chi connectivity index (χ0n) is 7.61. The second kappa shape index (κ2) is 5.29. The van der Waals surface area contributed by atoms with Gasteiger partial charge in [0.15, 0.2) is 5.78 Å². The van der Waals surface area contributed by atoms with Gasteiger partial charge in [-0.3, -0.25) is 4.79 Å². The third kappa shape index (κ3) is 3.04. The molecule has 0 spiro atoms. The van der Waals surface area contributed by atoms with Gasteiger partial charge in [-0.05, 0) is 11.1 Å². The third-order valence-electron chi connectivity index (χ3n) is 1.63. The standard InChI is InChI=1S/C8H6N6O/c9-13-11-5-8(15)6-1-3-7(4-2-6)12-14-10/h1-4H,5H2. The van der Waals surface area contributed by atoms with Gasteiger partial charge in [0, 0.05) is 21.1 Å². The van der Waals surface area contributed by atoms with Crippen LogP contribution < -0.4 is 0 Å². The predicted octanol–water partition coefficient (Wildman–Crippen LogP) is 3.12. The highest BCUT2D eigenvalue weighted by Crippen LogP contribution is 2.13. The monoisotopic (exact) mass is 202 g/mol. The van der Waals surface area contributed by atoms with Gasteiger partial charge in [0.25, 0.3) is 0 Å². The number of carbonyl (C=O) groups excluding carboxylic acids is 1. The molecule has 15 heavy (non-hydrogen) atoms. The lowest BCUT2D eigenvalue weighted by molar-refractivity contribution is 0.100. The van der Waals surface area contributed by atoms with Gasteiger partial charge < -0.3 is 0 Å². The summed E-state index contributed by atoms with van der Waals surface area (Å²) in [6.45, 7) is -0.211. The maximum atomic E-state index is 11.3. The Morgan fingerprint density at radius 2 is 1.87 bits per heavy atom. The summed E-state index contributed by atoms with van der Waals surface area (Å²) in [5.74, 6) is -0.278. The van der Waals surface area contributed by atoms with Crippen molar-refractivity contribution in [3.05, 3.63) is 50.7 Å². The minimum Gasteiger partial charge on any atom is -0.294 e. The molecule has 0 radical (unpaired) electrons. The van der Waals surface area contributed by atoms with Crippen LogP contribution in [0.4, 0.5) is 5.69 Å². The molecule has 0 aromatic heterocycles. The van der Waals surface area contributed by atoms with Crippen LogP contribution in [0.5, 0.6) is 0 Å². The summed E-state index contributed by atoms with van der Waals surface area (Å²) in [7, 11) is 0. The van der Waals surface area contributed by atoms with Gasteiger partial charge >= 0.3 is 0 Å². The lowest BCUT2D eigenvalue weighted by Crippen LogP contribution is -2.01. The quantitative estimate of drug-likeness (QED) is 0.317. The zero-order chi connectivity index (χ0) is 11.1. The van der Waals surface area contributed by atoms with Gasteiger partial charge in [0.05, 0.1) is 6.54 Å². The molecule has 0 unspecified atom stereocenters. The van der Waals surface area contributed by atoms with Gasteiger partial charge in [-0.25, -0.2) is 0 Å². The first kappa shape index (κ1) is 10.6. The minimum atomic E-state index is -0.278. The number of azide groups is 2. The number of rotatable bonds is 4. The molecule has 0 aliphatic carbocycles. The summed E-state index contributed by atoms with van der Waals surface area (Å²) in [6.07, 6.45) is 0. The van der Waals surface area contributed by atoms with Gasteiger partial charge in [0.1, 0.15) is 0 Å². The van der Waals surface area contributed by atoms with Crippen molar-refractivity contribution >= 4 is 11.5 Å². The summed E-state index contributed by atoms with van der Waals surface area (Å²) in [5, 5.41) is 6.51. The summed E-state index contributed by atoms with van der Waals surface area (Å²) in [4.78, 5) is 16.4. The topological polar surface area (TPSA) is 115 Å². The number of nitrogens with zero attached hydrogens (tertiary/aromatic N) is 6. The van der Waals surface area contributed by atoms with Crippen LogP contribution in [0, 0.1) is 0 Å². The fourth-order valence-corrected chi connectivity index (χ4v) is 0.953. The van der Waals surface area contributed by atoms with Crippen LogP contribution in [-0.4, -0.2) is 12.3 Å². The summed E-state index contributed by atoms with van der Waals surface area (Å²) in [6, 6.07) is 6.06. The van der Waals surface area contributed by atoms with Crippen LogP contribution in [-0.2, 0) is 0 Å². The SMILES string of the molecule is [N-]=[N+]=NCC(=O)c1ccc(N=[N+]=[N-])cc1. The van der Waals surface area contributed by atoms with Crippen molar-refractivity contribution in [2.24, 2.45) is 10.2 Å². The second-order valence-electron chi connectivity index (χ2n) is 2.55. The van der Waals surface area contributed by atoms with Crippen LogP contribution in [0.15, 0.2) is 34.5 Å². The molecule has 0 N–H and O–H groups in total. The number of carbonyl (C=O) groups is 1. The molecule has 1 rings (SSSR count). The van der Waals surface area contributed by atoms with Crippen LogP contribution in [0.2, 0.25) is 0 Å². The summed E-state index contributed by atoms with van der Waals surface area (Å²) in [5.41, 5.74) is 17.0. The van der Waals surface area contributed by atoms with E-state index in [-0.39, 0.29) is 12.3 Å². The average Bonchev–Trinajstić information content (AvgIpc) is 2.27. The molecule has 0 atom stereocenters. The van der Waals surface area contributed by atoms with E-state index >= 15 is 0 Å². The van der Waals surface area contributed by atoms with Crippen molar-refractivity contribution in [1.82, 2.24) is 0 Å². The molecular formula is C8H6N6O. The molecule has 0 heterocycles. The molecule has 0 aliphatic heterocycles. The number of benzene rings is 1. The molecule has 1 aromatic rings. The Morgan fingerprint density at radius 1 is 1.20 bits per heavy atom. The molecule has 0 saturated heterocycles. The lowest BCUT2D eigenvalue weighted by Gasteiger charge is -1.96. The maximum Gasteiger partial charge on any atom is 0.168 e. The van der Waals surface area contributed by atoms with Crippen LogP contribution in [0.3, 0.4) is 0 Å². The van der Waals surface area contributed by atoms with E-state index in [4.69, 9.17) is 11.1 Å². The largest absolute Gasteiger partial charge is 0.294 e. The van der Waals surface area contributed by atoms with E-state index in [1.54, 1.807) is 0 Å². The summed E-state index contributed by atoms with van der Waals surface area (Å²) < 4.78 is 0. The van der Waals surface area contributed by atoms with Crippen molar-refractivity contribution in [1.29, 1.82) is 0 Å². The first-order chi connectivity index (χ1) is 7.27. The van der Waals surface area contributed by atoms with E-state index in [0.29, 0.717) is 11.3 Å². The Morgan fingerprint density at radius 3 is 2.40 bits per heavy atom. The first-order valence-corrected chi connectivity index (χ1v) is 3.97. The molecule has 0 fully saturated rings. The lowest BCUT2D eigenvalue weighted by atomic mass is 10.1. The van der Waals surface area contributed by atoms with Gasteiger partial charge in [0.2, 0.25) is 0 Å². The Balaban J connectivity index is 2.83. The van der Waals surface area contributed by atoms with E-state index in [9.17, 15) is 4.79 Å². The molecule has 7 nitrogen and oxygen atoms in total. The molecule has 0 bridgehead atoms. The molecular weight excluding hydrogens is 196 g/mol. The van der Waals surface area contributed by atoms with Gasteiger partial charge in [-0.2, -0.15) is 0 Å². The number of Topliss-reactive ketones (excluding diaryl/α,β-unsaturated/α-hetero) is 1. The minimum absolute atomic E-state index is 0.211. The highest BCUT2D eigenvalue weighted by Gasteiger charge is 2.03. The molecule has 7 heteroatoms. The summed E-state index contributed by atoms with van der Waals surface area (Å²) >= 11 is 0. The van der Waals surface area contributed by atoms with Crippen molar-refractivity contribution in [3.8, 4) is 0 Å². The van der Waals surface area contributed by atoms with Crippen LogP contribution in [0.25, 0.3) is 20.9 Å². The predicted molar refractivity (Wildman–Crippen MR) is 53.6 cm³/mol. The molecule has 0 saturated carbocycles. The molecule has 1 aromatic carbocycles. The van der Waals surface area contributed by atoms with E-state index in [1.807, 2.05) is 0 Å². The average molecular weight is 202 g/mol. The van der Waals surface area contributed by atoms with Crippen molar-refractivity contribution in [2.75, 3.05) is 6.54 Å². The normalized spacial score (nSPS) is 8.53. The van der Waals surface area contributed by atoms with Gasteiger partial charge in [-0.15, -0.1) is 0 Å². The molecule has 74 valence electrons. The first-order valence-electron chi connectivity index (χ1n) is 3.97. The van der Waals surface area contributed by atoms with Crippen molar-refractivity contribution in [3.63, 3.8) is 0 Å². The Labute approximate surface area is 84.6 Å². The fraction of sp³-hybridized carbons (Fsp3) is 0.125. The smallest absolute Gasteiger partial charge is 0.168 e. The Bertz CT molecular complexity index is 453. The number of ketones is 1. The van der Waals surface area contributed by atoms with Crippen molar-refractivity contribution < 1.29 is 4.79 Å².